The third kappa shape index (κ3) is 3.76. The number of ether oxygens (including phenoxy) is 1. The Morgan fingerprint density at radius 2 is 1.93 bits per heavy atom. The number of alkyl halides is 1. The molecule has 1 nitrogen and oxygen atoms in total. The molecule has 0 spiro atoms. The molecule has 0 N–H and O–H groups in total. The van der Waals surface area contributed by atoms with Gasteiger partial charge in [0, 0.05) is 12.7 Å². The fraction of sp³-hybridized carbons (Fsp3) is 0.455. The van der Waals surface area contributed by atoms with Crippen molar-refractivity contribution in [2.75, 3.05) is 13.7 Å². The molecule has 1 rings (SSSR count). The standard InChI is InChI=1S/C11H13ClF2O/c1-15-7-8(12)5-6-9-10(13)3-2-4-11(9)14/h2-4,8H,5-7H2,1H3. The highest BCUT2D eigenvalue weighted by Gasteiger charge is 2.11. The summed E-state index contributed by atoms with van der Waals surface area (Å²) in [5, 5.41) is -0.214. The minimum absolute atomic E-state index is 0.0965. The van der Waals surface area contributed by atoms with Crippen molar-refractivity contribution in [3.8, 4) is 0 Å². The Hall–Kier alpha value is -0.670. The van der Waals surface area contributed by atoms with Gasteiger partial charge in [-0.05, 0) is 25.0 Å². The van der Waals surface area contributed by atoms with Crippen LogP contribution in [0.15, 0.2) is 18.2 Å². The fourth-order valence-electron chi connectivity index (χ4n) is 1.34. The van der Waals surface area contributed by atoms with Crippen molar-refractivity contribution in [1.29, 1.82) is 0 Å². The van der Waals surface area contributed by atoms with Gasteiger partial charge >= 0.3 is 0 Å². The highest BCUT2D eigenvalue weighted by Crippen LogP contribution is 2.16. The predicted octanol–water partition coefficient (Wildman–Crippen LogP) is 3.15. The predicted molar refractivity (Wildman–Crippen MR) is 56.2 cm³/mol. The molecular formula is C11H13ClF2O. The highest BCUT2D eigenvalue weighted by molar-refractivity contribution is 6.20. The molecule has 0 bridgehead atoms. The van der Waals surface area contributed by atoms with E-state index in [4.69, 9.17) is 16.3 Å². The van der Waals surface area contributed by atoms with E-state index in [9.17, 15) is 8.78 Å². The maximum Gasteiger partial charge on any atom is 0.129 e. The van der Waals surface area contributed by atoms with Crippen LogP contribution in [0, 0.1) is 11.6 Å². The molecule has 15 heavy (non-hydrogen) atoms. The zero-order chi connectivity index (χ0) is 11.3. The summed E-state index contributed by atoms with van der Waals surface area (Å²) < 4.78 is 31.2. The summed E-state index contributed by atoms with van der Waals surface area (Å²) in [7, 11) is 1.54. The van der Waals surface area contributed by atoms with Crippen LogP contribution in [0.25, 0.3) is 0 Å². The van der Waals surface area contributed by atoms with Gasteiger partial charge in [-0.1, -0.05) is 6.07 Å². The van der Waals surface area contributed by atoms with Crippen LogP contribution < -0.4 is 0 Å². The largest absolute Gasteiger partial charge is 0.383 e. The molecule has 0 amide bonds. The molecule has 0 saturated heterocycles. The third-order valence-corrected chi connectivity index (χ3v) is 2.46. The molecule has 0 fully saturated rings. The quantitative estimate of drug-likeness (QED) is 0.712. The van der Waals surface area contributed by atoms with Crippen molar-refractivity contribution in [2.24, 2.45) is 0 Å². The first kappa shape index (κ1) is 12.4. The number of benzene rings is 1. The van der Waals surface area contributed by atoms with Crippen molar-refractivity contribution in [2.45, 2.75) is 18.2 Å². The highest BCUT2D eigenvalue weighted by atomic mass is 35.5. The minimum atomic E-state index is -0.517. The molecule has 0 aliphatic carbocycles. The molecule has 4 heteroatoms. The molecule has 1 aromatic carbocycles. The van der Waals surface area contributed by atoms with Gasteiger partial charge < -0.3 is 4.74 Å². The van der Waals surface area contributed by atoms with Crippen molar-refractivity contribution in [3.63, 3.8) is 0 Å². The fourth-order valence-corrected chi connectivity index (χ4v) is 1.57. The molecule has 1 atom stereocenters. The Morgan fingerprint density at radius 3 is 2.47 bits per heavy atom. The SMILES string of the molecule is COCC(Cl)CCc1c(F)cccc1F. The van der Waals surface area contributed by atoms with Crippen LogP contribution in [-0.4, -0.2) is 19.1 Å². The van der Waals surface area contributed by atoms with Gasteiger partial charge in [0.25, 0.3) is 0 Å². The number of halogens is 3. The first-order chi connectivity index (χ1) is 7.15. The maximum atomic E-state index is 13.2. The van der Waals surface area contributed by atoms with Gasteiger partial charge in [-0.3, -0.25) is 0 Å². The summed E-state index contributed by atoms with van der Waals surface area (Å²) in [6.45, 7) is 0.387. The Kier molecular flexibility index (Phi) is 4.99. The normalized spacial score (nSPS) is 12.8. The van der Waals surface area contributed by atoms with Crippen LogP contribution in [-0.2, 0) is 11.2 Å². The van der Waals surface area contributed by atoms with Gasteiger partial charge in [-0.25, -0.2) is 8.78 Å². The Labute approximate surface area is 93.0 Å². The van der Waals surface area contributed by atoms with Crippen molar-refractivity contribution in [1.82, 2.24) is 0 Å². The number of methoxy groups -OCH3 is 1. The summed E-state index contributed by atoms with van der Waals surface area (Å²) in [6, 6.07) is 3.84. The first-order valence-corrected chi connectivity index (χ1v) is 5.14. The molecule has 0 heterocycles. The Bertz CT molecular complexity index is 297. The van der Waals surface area contributed by atoms with Gasteiger partial charge in [0.15, 0.2) is 0 Å². The van der Waals surface area contributed by atoms with Crippen LogP contribution in [0.3, 0.4) is 0 Å². The number of hydrogen-bond donors (Lipinski definition) is 0. The molecule has 0 aliphatic heterocycles. The summed E-state index contributed by atoms with van der Waals surface area (Å²) in [4.78, 5) is 0. The zero-order valence-electron chi connectivity index (χ0n) is 8.47. The van der Waals surface area contributed by atoms with E-state index in [0.29, 0.717) is 13.0 Å². The smallest absolute Gasteiger partial charge is 0.129 e. The lowest BCUT2D eigenvalue weighted by molar-refractivity contribution is 0.195. The molecule has 0 radical (unpaired) electrons. The van der Waals surface area contributed by atoms with E-state index in [2.05, 4.69) is 0 Å². The number of hydrogen-bond acceptors (Lipinski definition) is 1. The Morgan fingerprint density at radius 1 is 1.33 bits per heavy atom. The Balaban J connectivity index is 2.57. The van der Waals surface area contributed by atoms with Crippen molar-refractivity contribution >= 4 is 11.6 Å². The molecule has 0 aromatic heterocycles. The average Bonchev–Trinajstić information content (AvgIpc) is 2.17. The van der Waals surface area contributed by atoms with Crippen molar-refractivity contribution < 1.29 is 13.5 Å². The van der Waals surface area contributed by atoms with E-state index in [1.165, 1.54) is 18.2 Å². The van der Waals surface area contributed by atoms with Crippen LogP contribution in [0.5, 0.6) is 0 Å². The lowest BCUT2D eigenvalue weighted by Gasteiger charge is -2.09. The molecule has 1 unspecified atom stereocenters. The van der Waals surface area contributed by atoms with E-state index in [1.54, 1.807) is 7.11 Å². The van der Waals surface area contributed by atoms with Gasteiger partial charge in [0.2, 0.25) is 0 Å². The topological polar surface area (TPSA) is 9.23 Å². The van der Waals surface area contributed by atoms with Crippen molar-refractivity contribution in [3.05, 3.63) is 35.4 Å². The monoisotopic (exact) mass is 234 g/mol. The lowest BCUT2D eigenvalue weighted by Crippen LogP contribution is -2.09. The van der Waals surface area contributed by atoms with E-state index in [1.807, 2.05) is 0 Å². The molecule has 0 saturated carbocycles. The summed E-state index contributed by atoms with van der Waals surface area (Å²) in [5.41, 5.74) is 0.0965. The van der Waals surface area contributed by atoms with Crippen LogP contribution in [0.4, 0.5) is 8.78 Å². The van der Waals surface area contributed by atoms with Crippen LogP contribution >= 0.6 is 11.6 Å². The van der Waals surface area contributed by atoms with Gasteiger partial charge in [0.1, 0.15) is 11.6 Å². The second-order valence-electron chi connectivity index (χ2n) is 3.29. The summed E-state index contributed by atoms with van der Waals surface area (Å²) >= 11 is 5.87. The third-order valence-electron chi connectivity index (χ3n) is 2.12. The van der Waals surface area contributed by atoms with Gasteiger partial charge in [0.05, 0.1) is 12.0 Å². The van der Waals surface area contributed by atoms with Crippen LogP contribution in [0.2, 0.25) is 0 Å². The summed E-state index contributed by atoms with van der Waals surface area (Å²) in [6.07, 6.45) is 0.781. The van der Waals surface area contributed by atoms with Gasteiger partial charge in [-0.15, -0.1) is 11.6 Å². The van der Waals surface area contributed by atoms with E-state index in [-0.39, 0.29) is 17.4 Å². The molecule has 1 aromatic rings. The molecule has 84 valence electrons. The zero-order valence-corrected chi connectivity index (χ0v) is 9.23. The van der Waals surface area contributed by atoms with Gasteiger partial charge in [-0.2, -0.15) is 0 Å². The average molecular weight is 235 g/mol. The summed E-state index contributed by atoms with van der Waals surface area (Å²) in [5.74, 6) is -1.03. The lowest BCUT2D eigenvalue weighted by atomic mass is 10.1. The number of rotatable bonds is 5. The maximum absolute atomic E-state index is 13.2. The van der Waals surface area contributed by atoms with E-state index < -0.39 is 11.6 Å². The first-order valence-electron chi connectivity index (χ1n) is 4.71. The van der Waals surface area contributed by atoms with E-state index >= 15 is 0 Å². The minimum Gasteiger partial charge on any atom is -0.383 e. The molecular weight excluding hydrogens is 222 g/mol. The second-order valence-corrected chi connectivity index (χ2v) is 3.91. The molecule has 0 aliphatic rings. The second kappa shape index (κ2) is 6.03. The van der Waals surface area contributed by atoms with Crippen LogP contribution in [0.1, 0.15) is 12.0 Å². The van der Waals surface area contributed by atoms with E-state index in [0.717, 1.165) is 0 Å².